The minimum absolute atomic E-state index is 0.00435. The minimum Gasteiger partial charge on any atom is -0.355 e. The maximum atomic E-state index is 11.8. The van der Waals surface area contributed by atoms with Crippen molar-refractivity contribution in [3.05, 3.63) is 29.8 Å². The van der Waals surface area contributed by atoms with Crippen molar-refractivity contribution in [2.75, 3.05) is 31.5 Å². The lowest BCUT2D eigenvalue weighted by atomic mass is 10.1. The molecule has 0 spiro atoms. The molecule has 1 rings (SSSR count). The fraction of sp³-hybridized carbons (Fsp3) is 0.529. The number of amides is 3. The normalized spacial score (nSPS) is 10.2. The van der Waals surface area contributed by atoms with Crippen molar-refractivity contribution in [1.29, 1.82) is 0 Å². The Morgan fingerprint density at radius 3 is 2.22 bits per heavy atom. The van der Waals surface area contributed by atoms with Gasteiger partial charge in [0.15, 0.2) is 0 Å². The van der Waals surface area contributed by atoms with Crippen LogP contribution in [-0.4, -0.2) is 38.1 Å². The SMILES string of the molecule is CCCNCCNC(=O)Cc1ccc(NC(=O)NCCC)cc1. The fourth-order valence-electron chi connectivity index (χ4n) is 1.96. The largest absolute Gasteiger partial charge is 0.355 e. The summed E-state index contributed by atoms with van der Waals surface area (Å²) < 4.78 is 0. The summed E-state index contributed by atoms with van der Waals surface area (Å²) in [4.78, 5) is 23.3. The van der Waals surface area contributed by atoms with Crippen LogP contribution in [0.25, 0.3) is 0 Å². The van der Waals surface area contributed by atoms with Gasteiger partial charge in [-0.15, -0.1) is 0 Å². The van der Waals surface area contributed by atoms with Crippen molar-refractivity contribution in [3.8, 4) is 0 Å². The van der Waals surface area contributed by atoms with Gasteiger partial charge in [0.2, 0.25) is 5.91 Å². The molecule has 1 aromatic rings. The molecule has 6 nitrogen and oxygen atoms in total. The van der Waals surface area contributed by atoms with E-state index in [4.69, 9.17) is 0 Å². The predicted molar refractivity (Wildman–Crippen MR) is 93.6 cm³/mol. The van der Waals surface area contributed by atoms with Crippen LogP contribution in [0, 0.1) is 0 Å². The van der Waals surface area contributed by atoms with Gasteiger partial charge in [-0.3, -0.25) is 4.79 Å². The molecular weight excluding hydrogens is 292 g/mol. The zero-order valence-corrected chi connectivity index (χ0v) is 14.1. The number of rotatable bonds is 10. The van der Waals surface area contributed by atoms with Gasteiger partial charge in [0.25, 0.3) is 0 Å². The summed E-state index contributed by atoms with van der Waals surface area (Å²) in [6.45, 7) is 7.15. The molecule has 4 N–H and O–H groups in total. The topological polar surface area (TPSA) is 82.3 Å². The number of hydrogen-bond acceptors (Lipinski definition) is 3. The van der Waals surface area contributed by atoms with E-state index in [0.717, 1.165) is 31.5 Å². The molecule has 3 amide bonds. The number of anilines is 1. The van der Waals surface area contributed by atoms with Crippen molar-refractivity contribution in [1.82, 2.24) is 16.0 Å². The summed E-state index contributed by atoms with van der Waals surface area (Å²) in [5.41, 5.74) is 1.63. The zero-order chi connectivity index (χ0) is 16.9. The number of carbonyl (C=O) groups excluding carboxylic acids is 2. The highest BCUT2D eigenvalue weighted by Crippen LogP contribution is 2.09. The van der Waals surface area contributed by atoms with Gasteiger partial charge in [-0.1, -0.05) is 26.0 Å². The van der Waals surface area contributed by atoms with E-state index >= 15 is 0 Å². The fourth-order valence-corrected chi connectivity index (χ4v) is 1.96. The molecule has 0 aliphatic rings. The van der Waals surface area contributed by atoms with Gasteiger partial charge in [0, 0.05) is 25.3 Å². The molecule has 0 unspecified atom stereocenters. The van der Waals surface area contributed by atoms with Gasteiger partial charge in [-0.05, 0) is 37.1 Å². The van der Waals surface area contributed by atoms with Gasteiger partial charge >= 0.3 is 6.03 Å². The minimum atomic E-state index is -0.211. The summed E-state index contributed by atoms with van der Waals surface area (Å²) in [5, 5.41) is 11.6. The molecule has 23 heavy (non-hydrogen) atoms. The van der Waals surface area contributed by atoms with E-state index in [9.17, 15) is 9.59 Å². The van der Waals surface area contributed by atoms with Crippen LogP contribution >= 0.6 is 0 Å². The Kier molecular flexibility index (Phi) is 9.47. The standard InChI is InChI=1S/C17H28N4O2/c1-3-9-18-11-12-19-16(22)13-14-5-7-15(8-6-14)21-17(23)20-10-4-2/h5-8,18H,3-4,9-13H2,1-2H3,(H,19,22)(H2,20,21,23). The Morgan fingerprint density at radius 2 is 1.57 bits per heavy atom. The Morgan fingerprint density at radius 1 is 0.870 bits per heavy atom. The molecule has 128 valence electrons. The highest BCUT2D eigenvalue weighted by atomic mass is 16.2. The van der Waals surface area contributed by atoms with E-state index in [2.05, 4.69) is 28.2 Å². The lowest BCUT2D eigenvalue weighted by molar-refractivity contribution is -0.120. The summed E-state index contributed by atoms with van der Waals surface area (Å²) >= 11 is 0. The lowest BCUT2D eigenvalue weighted by Crippen LogP contribution is -2.33. The first-order chi connectivity index (χ1) is 11.2. The zero-order valence-electron chi connectivity index (χ0n) is 14.1. The van der Waals surface area contributed by atoms with Crippen LogP contribution in [-0.2, 0) is 11.2 Å². The van der Waals surface area contributed by atoms with E-state index in [1.165, 1.54) is 0 Å². The third-order valence-corrected chi connectivity index (χ3v) is 3.16. The van der Waals surface area contributed by atoms with Crippen molar-refractivity contribution >= 4 is 17.6 Å². The number of carbonyl (C=O) groups is 2. The quantitative estimate of drug-likeness (QED) is 0.497. The number of hydrogen-bond donors (Lipinski definition) is 4. The van der Waals surface area contributed by atoms with E-state index in [1.807, 2.05) is 19.1 Å². The van der Waals surface area contributed by atoms with Gasteiger partial charge in [-0.2, -0.15) is 0 Å². The highest BCUT2D eigenvalue weighted by molar-refractivity contribution is 5.89. The van der Waals surface area contributed by atoms with Crippen molar-refractivity contribution in [2.45, 2.75) is 33.1 Å². The first-order valence-corrected chi connectivity index (χ1v) is 8.27. The van der Waals surface area contributed by atoms with Crippen molar-refractivity contribution in [2.24, 2.45) is 0 Å². The van der Waals surface area contributed by atoms with Crippen LogP contribution in [0.15, 0.2) is 24.3 Å². The maximum Gasteiger partial charge on any atom is 0.319 e. The second-order valence-corrected chi connectivity index (χ2v) is 5.35. The summed E-state index contributed by atoms with van der Waals surface area (Å²) in [6, 6.07) is 7.10. The average Bonchev–Trinajstić information content (AvgIpc) is 2.54. The predicted octanol–water partition coefficient (Wildman–Crippen LogP) is 1.88. The number of nitrogens with one attached hydrogen (secondary N) is 4. The Bertz CT molecular complexity index is 474. The smallest absolute Gasteiger partial charge is 0.319 e. The van der Waals surface area contributed by atoms with Crippen LogP contribution in [0.2, 0.25) is 0 Å². The number of urea groups is 1. The third kappa shape index (κ3) is 8.83. The molecule has 0 heterocycles. The average molecular weight is 320 g/mol. The molecule has 0 fully saturated rings. The molecule has 1 aromatic carbocycles. The van der Waals surface area contributed by atoms with Crippen LogP contribution in [0.5, 0.6) is 0 Å². The molecule has 6 heteroatoms. The Hall–Kier alpha value is -2.08. The van der Waals surface area contributed by atoms with Crippen LogP contribution in [0.3, 0.4) is 0 Å². The van der Waals surface area contributed by atoms with Gasteiger partial charge in [0.1, 0.15) is 0 Å². The van der Waals surface area contributed by atoms with Gasteiger partial charge in [0.05, 0.1) is 6.42 Å². The molecular formula is C17H28N4O2. The summed E-state index contributed by atoms with van der Waals surface area (Å²) in [5.74, 6) is 0.00435. The van der Waals surface area contributed by atoms with Crippen LogP contribution in [0.4, 0.5) is 10.5 Å². The highest BCUT2D eigenvalue weighted by Gasteiger charge is 2.04. The molecule has 0 radical (unpaired) electrons. The third-order valence-electron chi connectivity index (χ3n) is 3.16. The second-order valence-electron chi connectivity index (χ2n) is 5.35. The first-order valence-electron chi connectivity index (χ1n) is 8.27. The molecule has 0 saturated heterocycles. The molecule has 0 saturated carbocycles. The van der Waals surface area contributed by atoms with E-state index in [1.54, 1.807) is 12.1 Å². The van der Waals surface area contributed by atoms with Gasteiger partial charge < -0.3 is 21.3 Å². The monoisotopic (exact) mass is 320 g/mol. The van der Waals surface area contributed by atoms with E-state index in [-0.39, 0.29) is 11.9 Å². The summed E-state index contributed by atoms with van der Waals surface area (Å²) in [7, 11) is 0. The van der Waals surface area contributed by atoms with E-state index < -0.39 is 0 Å². The molecule has 0 aromatic heterocycles. The molecule has 0 aliphatic carbocycles. The summed E-state index contributed by atoms with van der Waals surface area (Å²) in [6.07, 6.45) is 2.33. The lowest BCUT2D eigenvalue weighted by Gasteiger charge is -2.08. The second kappa shape index (κ2) is 11.5. The van der Waals surface area contributed by atoms with Crippen molar-refractivity contribution < 1.29 is 9.59 Å². The van der Waals surface area contributed by atoms with E-state index in [0.29, 0.717) is 25.2 Å². The van der Waals surface area contributed by atoms with Gasteiger partial charge in [-0.25, -0.2) is 4.79 Å². The Labute approximate surface area is 138 Å². The number of benzene rings is 1. The van der Waals surface area contributed by atoms with Crippen molar-refractivity contribution in [3.63, 3.8) is 0 Å². The molecule has 0 aliphatic heterocycles. The van der Waals surface area contributed by atoms with Crippen LogP contribution in [0.1, 0.15) is 32.3 Å². The Balaban J connectivity index is 2.30. The first kappa shape index (κ1) is 19.0. The maximum absolute atomic E-state index is 11.8. The van der Waals surface area contributed by atoms with Crippen LogP contribution < -0.4 is 21.3 Å². The molecule has 0 bridgehead atoms. The molecule has 0 atom stereocenters.